The van der Waals surface area contributed by atoms with Gasteiger partial charge in [0, 0.05) is 25.7 Å². The molecular weight excluding hydrogens is 340 g/mol. The zero-order chi connectivity index (χ0) is 17.8. The van der Waals surface area contributed by atoms with Gasteiger partial charge in [0.05, 0.1) is 17.4 Å². The molecule has 1 fully saturated rings. The quantitative estimate of drug-likeness (QED) is 0.714. The smallest absolute Gasteiger partial charge is 0.168 e. The second-order valence-corrected chi connectivity index (χ2v) is 7.21. The minimum absolute atomic E-state index is 0.505. The SMILES string of the molecule is S=C(NCCc1ccccc1)N1CCC(n2cnc3ccccc32)CC1. The van der Waals surface area contributed by atoms with Gasteiger partial charge in [0.1, 0.15) is 0 Å². The van der Waals surface area contributed by atoms with E-state index in [-0.39, 0.29) is 0 Å². The number of nitrogens with zero attached hydrogens (tertiary/aromatic N) is 3. The van der Waals surface area contributed by atoms with Crippen LogP contribution in [0, 0.1) is 0 Å². The summed E-state index contributed by atoms with van der Waals surface area (Å²) in [5.74, 6) is 0. The molecule has 3 aromatic rings. The van der Waals surface area contributed by atoms with Crippen molar-refractivity contribution in [2.75, 3.05) is 19.6 Å². The maximum atomic E-state index is 5.60. The monoisotopic (exact) mass is 364 g/mol. The van der Waals surface area contributed by atoms with Crippen molar-refractivity contribution in [1.82, 2.24) is 19.8 Å². The molecule has 2 heterocycles. The average molecular weight is 365 g/mol. The zero-order valence-corrected chi connectivity index (χ0v) is 15.7. The number of likely N-dealkylation sites (tertiary alicyclic amines) is 1. The Kier molecular flexibility index (Phi) is 5.16. The highest BCUT2D eigenvalue weighted by molar-refractivity contribution is 7.80. The molecule has 1 N–H and O–H groups in total. The second kappa shape index (κ2) is 7.87. The number of benzene rings is 2. The summed E-state index contributed by atoms with van der Waals surface area (Å²) in [5.41, 5.74) is 3.65. The van der Waals surface area contributed by atoms with Gasteiger partial charge in [0.25, 0.3) is 0 Å². The molecular formula is C21H24N4S. The molecule has 0 atom stereocenters. The van der Waals surface area contributed by atoms with Gasteiger partial charge in [-0.3, -0.25) is 0 Å². The molecule has 5 heteroatoms. The van der Waals surface area contributed by atoms with E-state index in [1.165, 1.54) is 11.1 Å². The van der Waals surface area contributed by atoms with Gasteiger partial charge in [-0.2, -0.15) is 0 Å². The number of hydrogen-bond donors (Lipinski definition) is 1. The van der Waals surface area contributed by atoms with Crippen LogP contribution in [0.25, 0.3) is 11.0 Å². The Morgan fingerprint density at radius 1 is 1.04 bits per heavy atom. The molecule has 0 spiro atoms. The first kappa shape index (κ1) is 17.0. The Hall–Kier alpha value is -2.40. The lowest BCUT2D eigenvalue weighted by molar-refractivity contribution is 0.268. The number of thiocarbonyl (C=S) groups is 1. The molecule has 1 aliphatic heterocycles. The number of rotatable bonds is 4. The predicted molar refractivity (Wildman–Crippen MR) is 110 cm³/mol. The lowest BCUT2D eigenvalue weighted by atomic mass is 10.0. The third kappa shape index (κ3) is 3.73. The Balaban J connectivity index is 1.28. The maximum absolute atomic E-state index is 5.60. The molecule has 0 amide bonds. The third-order valence-corrected chi connectivity index (χ3v) is 5.56. The molecule has 0 radical (unpaired) electrons. The van der Waals surface area contributed by atoms with Crippen molar-refractivity contribution in [2.45, 2.75) is 25.3 Å². The van der Waals surface area contributed by atoms with Crippen molar-refractivity contribution in [1.29, 1.82) is 0 Å². The molecule has 26 heavy (non-hydrogen) atoms. The standard InChI is InChI=1S/C21H24N4S/c26-21(22-13-10-17-6-2-1-3-7-17)24-14-11-18(12-15-24)25-16-23-19-8-4-5-9-20(19)25/h1-9,16,18H,10-15H2,(H,22,26). The fraction of sp³-hybridized carbons (Fsp3) is 0.333. The van der Waals surface area contributed by atoms with E-state index in [9.17, 15) is 0 Å². The van der Waals surface area contributed by atoms with Crippen LogP contribution in [0.3, 0.4) is 0 Å². The van der Waals surface area contributed by atoms with Gasteiger partial charge in [0.15, 0.2) is 5.11 Å². The minimum atomic E-state index is 0.505. The highest BCUT2D eigenvalue weighted by Crippen LogP contribution is 2.26. The molecule has 0 saturated carbocycles. The molecule has 134 valence electrons. The zero-order valence-electron chi connectivity index (χ0n) is 14.8. The molecule has 2 aromatic carbocycles. The first-order valence-corrected chi connectivity index (χ1v) is 9.70. The van der Waals surface area contributed by atoms with Crippen LogP contribution in [0.5, 0.6) is 0 Å². The van der Waals surface area contributed by atoms with Crippen molar-refractivity contribution >= 4 is 28.4 Å². The normalized spacial score (nSPS) is 15.3. The summed E-state index contributed by atoms with van der Waals surface area (Å²) in [4.78, 5) is 6.83. The van der Waals surface area contributed by atoms with Crippen LogP contribution >= 0.6 is 12.2 Å². The number of piperidine rings is 1. The lowest BCUT2D eigenvalue weighted by Gasteiger charge is -2.34. The van der Waals surface area contributed by atoms with E-state index < -0.39 is 0 Å². The van der Waals surface area contributed by atoms with Gasteiger partial charge in [-0.1, -0.05) is 42.5 Å². The molecule has 0 bridgehead atoms. The first-order valence-electron chi connectivity index (χ1n) is 9.29. The molecule has 1 aliphatic rings. The Morgan fingerprint density at radius 2 is 1.77 bits per heavy atom. The Morgan fingerprint density at radius 3 is 2.58 bits per heavy atom. The van der Waals surface area contributed by atoms with Crippen LogP contribution in [-0.4, -0.2) is 39.2 Å². The van der Waals surface area contributed by atoms with Crippen LogP contribution in [0.4, 0.5) is 0 Å². The van der Waals surface area contributed by atoms with Crippen LogP contribution in [0.2, 0.25) is 0 Å². The van der Waals surface area contributed by atoms with Gasteiger partial charge in [-0.15, -0.1) is 0 Å². The molecule has 1 aromatic heterocycles. The largest absolute Gasteiger partial charge is 0.362 e. The number of imidazole rings is 1. The van der Waals surface area contributed by atoms with Crippen LogP contribution in [0.15, 0.2) is 60.9 Å². The summed E-state index contributed by atoms with van der Waals surface area (Å²) < 4.78 is 2.33. The molecule has 0 unspecified atom stereocenters. The second-order valence-electron chi connectivity index (χ2n) is 6.83. The van der Waals surface area contributed by atoms with E-state index in [0.717, 1.165) is 49.5 Å². The summed E-state index contributed by atoms with van der Waals surface area (Å²) in [5, 5.41) is 4.30. The number of hydrogen-bond acceptors (Lipinski definition) is 2. The number of fused-ring (bicyclic) bond motifs is 1. The first-order chi connectivity index (χ1) is 12.8. The Labute approximate surface area is 159 Å². The van der Waals surface area contributed by atoms with Gasteiger partial charge in [-0.25, -0.2) is 4.98 Å². The minimum Gasteiger partial charge on any atom is -0.362 e. The van der Waals surface area contributed by atoms with Crippen LogP contribution in [0.1, 0.15) is 24.4 Å². The number of aromatic nitrogens is 2. The van der Waals surface area contributed by atoms with E-state index in [1.54, 1.807) is 0 Å². The molecule has 1 saturated heterocycles. The Bertz CT molecular complexity index is 866. The summed E-state index contributed by atoms with van der Waals surface area (Å²) in [7, 11) is 0. The van der Waals surface area contributed by atoms with Crippen molar-refractivity contribution in [3.63, 3.8) is 0 Å². The number of para-hydroxylation sites is 2. The summed E-state index contributed by atoms with van der Waals surface area (Å²) in [6.07, 6.45) is 5.18. The lowest BCUT2D eigenvalue weighted by Crippen LogP contribution is -2.45. The van der Waals surface area contributed by atoms with Gasteiger partial charge in [-0.05, 0) is 49.2 Å². The van der Waals surface area contributed by atoms with E-state index in [0.29, 0.717) is 6.04 Å². The van der Waals surface area contributed by atoms with E-state index in [1.807, 2.05) is 12.4 Å². The fourth-order valence-corrected chi connectivity index (χ4v) is 3.97. The topological polar surface area (TPSA) is 33.1 Å². The summed E-state index contributed by atoms with van der Waals surface area (Å²) >= 11 is 5.60. The van der Waals surface area contributed by atoms with Crippen LogP contribution in [-0.2, 0) is 6.42 Å². The third-order valence-electron chi connectivity index (χ3n) is 5.16. The fourth-order valence-electron chi connectivity index (χ4n) is 3.69. The summed E-state index contributed by atoms with van der Waals surface area (Å²) in [6.45, 7) is 2.87. The van der Waals surface area contributed by atoms with E-state index in [4.69, 9.17) is 12.2 Å². The maximum Gasteiger partial charge on any atom is 0.168 e. The van der Waals surface area contributed by atoms with Gasteiger partial charge >= 0.3 is 0 Å². The molecule has 4 nitrogen and oxygen atoms in total. The van der Waals surface area contributed by atoms with E-state index in [2.05, 4.69) is 68.3 Å². The van der Waals surface area contributed by atoms with E-state index >= 15 is 0 Å². The molecule has 4 rings (SSSR count). The number of nitrogens with one attached hydrogen (secondary N) is 1. The summed E-state index contributed by atoms with van der Waals surface area (Å²) in [6, 6.07) is 19.4. The highest BCUT2D eigenvalue weighted by Gasteiger charge is 2.22. The van der Waals surface area contributed by atoms with Crippen molar-refractivity contribution in [3.8, 4) is 0 Å². The predicted octanol–water partition coefficient (Wildman–Crippen LogP) is 3.79. The van der Waals surface area contributed by atoms with Crippen LogP contribution < -0.4 is 5.32 Å². The van der Waals surface area contributed by atoms with Gasteiger partial charge in [0.2, 0.25) is 0 Å². The van der Waals surface area contributed by atoms with Crippen molar-refractivity contribution in [2.24, 2.45) is 0 Å². The molecule has 0 aliphatic carbocycles. The van der Waals surface area contributed by atoms with Crippen molar-refractivity contribution in [3.05, 3.63) is 66.5 Å². The highest BCUT2D eigenvalue weighted by atomic mass is 32.1. The average Bonchev–Trinajstić information content (AvgIpc) is 3.13. The van der Waals surface area contributed by atoms with Crippen molar-refractivity contribution < 1.29 is 0 Å². The van der Waals surface area contributed by atoms with Gasteiger partial charge < -0.3 is 14.8 Å².